The Bertz CT molecular complexity index is 144. The van der Waals surface area contributed by atoms with Crippen LogP contribution >= 0.6 is 0 Å². The number of carbonyl (C=O) groups is 1. The molecule has 0 spiro atoms. The Balaban J connectivity index is 2.16. The lowest BCUT2D eigenvalue weighted by Gasteiger charge is -2.14. The van der Waals surface area contributed by atoms with Crippen molar-refractivity contribution < 1.29 is 9.90 Å². The monoisotopic (exact) mass is 173 g/mol. The molecule has 0 saturated carbocycles. The highest BCUT2D eigenvalue weighted by atomic mass is 16.4. The van der Waals surface area contributed by atoms with E-state index in [0.29, 0.717) is 0 Å². The third kappa shape index (κ3) is 3.54. The van der Waals surface area contributed by atoms with Crippen molar-refractivity contribution in [2.24, 2.45) is 0 Å². The number of rotatable bonds is 2. The van der Waals surface area contributed by atoms with Gasteiger partial charge < -0.3 is 10.4 Å². The molecule has 70 valence electrons. The molecule has 0 aliphatic carbocycles. The van der Waals surface area contributed by atoms with Crippen molar-refractivity contribution in [2.75, 3.05) is 13.1 Å². The zero-order valence-electron chi connectivity index (χ0n) is 6.97. The lowest BCUT2D eigenvalue weighted by atomic mass is 10.1. The van der Waals surface area contributed by atoms with Gasteiger partial charge in [-0.25, -0.2) is 10.2 Å². The summed E-state index contributed by atoms with van der Waals surface area (Å²) in [5.41, 5.74) is 4.95. The van der Waals surface area contributed by atoms with Gasteiger partial charge in [0, 0.05) is 6.04 Å². The molecule has 0 aromatic rings. The molecular weight excluding hydrogens is 158 g/mol. The van der Waals surface area contributed by atoms with Crippen LogP contribution in [0.2, 0.25) is 0 Å². The summed E-state index contributed by atoms with van der Waals surface area (Å²) < 4.78 is 0. The molecular formula is C7H15N3O2. The zero-order chi connectivity index (χ0) is 8.81. The van der Waals surface area contributed by atoms with Gasteiger partial charge in [0.05, 0.1) is 0 Å². The van der Waals surface area contributed by atoms with Gasteiger partial charge in [0.1, 0.15) is 0 Å². The average molecular weight is 173 g/mol. The van der Waals surface area contributed by atoms with E-state index in [9.17, 15) is 4.79 Å². The van der Waals surface area contributed by atoms with E-state index in [1.54, 1.807) is 0 Å². The zero-order valence-corrected chi connectivity index (χ0v) is 6.97. The van der Waals surface area contributed by atoms with E-state index >= 15 is 0 Å². The Morgan fingerprint density at radius 2 is 2.25 bits per heavy atom. The number of nitrogens with one attached hydrogen (secondary N) is 3. The van der Waals surface area contributed by atoms with Crippen LogP contribution in [0.15, 0.2) is 0 Å². The molecule has 1 heterocycles. The molecule has 1 unspecified atom stereocenters. The van der Waals surface area contributed by atoms with E-state index in [1.165, 1.54) is 0 Å². The normalized spacial score (nSPS) is 24.5. The van der Waals surface area contributed by atoms with Crippen molar-refractivity contribution in [1.29, 1.82) is 0 Å². The van der Waals surface area contributed by atoms with Crippen LogP contribution < -0.4 is 16.2 Å². The first kappa shape index (κ1) is 9.28. The van der Waals surface area contributed by atoms with Gasteiger partial charge in [-0.2, -0.15) is 0 Å². The molecule has 4 N–H and O–H groups in total. The number of hydrogen-bond donors (Lipinski definition) is 4. The number of hydrogen-bond acceptors (Lipinski definition) is 3. The molecule has 5 nitrogen and oxygen atoms in total. The highest BCUT2D eigenvalue weighted by Gasteiger charge is 2.11. The fraction of sp³-hybridized carbons (Fsp3) is 0.857. The lowest BCUT2D eigenvalue weighted by Crippen LogP contribution is -2.43. The predicted molar refractivity (Wildman–Crippen MR) is 44.8 cm³/mol. The van der Waals surface area contributed by atoms with E-state index in [4.69, 9.17) is 5.11 Å². The predicted octanol–water partition coefficient (Wildman–Crippen LogP) is -0.0993. The third-order valence-corrected chi connectivity index (χ3v) is 1.96. The molecule has 0 aromatic carbocycles. The van der Waals surface area contributed by atoms with Crippen LogP contribution in [0.3, 0.4) is 0 Å². The summed E-state index contributed by atoms with van der Waals surface area (Å²) in [5, 5.41) is 11.6. The van der Waals surface area contributed by atoms with Crippen LogP contribution in [0.5, 0.6) is 0 Å². The Morgan fingerprint density at radius 1 is 1.42 bits per heavy atom. The Morgan fingerprint density at radius 3 is 3.00 bits per heavy atom. The summed E-state index contributed by atoms with van der Waals surface area (Å²) in [6.45, 7) is 1.99. The number of carboxylic acid groups (broad SMARTS) is 1. The van der Waals surface area contributed by atoms with Crippen molar-refractivity contribution >= 4 is 6.09 Å². The molecule has 12 heavy (non-hydrogen) atoms. The summed E-state index contributed by atoms with van der Waals surface area (Å²) in [7, 11) is 0. The molecule has 0 aromatic heterocycles. The van der Waals surface area contributed by atoms with Gasteiger partial charge in [0.15, 0.2) is 0 Å². The van der Waals surface area contributed by atoms with Crippen molar-refractivity contribution in [3.05, 3.63) is 0 Å². The summed E-state index contributed by atoms with van der Waals surface area (Å²) >= 11 is 0. The lowest BCUT2D eigenvalue weighted by molar-refractivity contribution is 0.185. The molecule has 1 rings (SSSR count). The summed E-state index contributed by atoms with van der Waals surface area (Å²) in [6.07, 6.45) is 2.07. The fourth-order valence-electron chi connectivity index (χ4n) is 1.33. The van der Waals surface area contributed by atoms with Crippen LogP contribution in [0.25, 0.3) is 0 Å². The molecule has 0 radical (unpaired) electrons. The topological polar surface area (TPSA) is 73.4 Å². The molecule has 1 fully saturated rings. The Hall–Kier alpha value is -0.810. The second-order valence-electron chi connectivity index (χ2n) is 2.95. The molecule has 1 atom stereocenters. The van der Waals surface area contributed by atoms with E-state index in [-0.39, 0.29) is 6.04 Å². The van der Waals surface area contributed by atoms with Gasteiger partial charge in [-0.15, -0.1) is 0 Å². The SMILES string of the molecule is O=C(O)NNC1CCCNCC1. The summed E-state index contributed by atoms with van der Waals surface area (Å²) in [4.78, 5) is 10.1. The van der Waals surface area contributed by atoms with Gasteiger partial charge in [0.2, 0.25) is 0 Å². The molecule has 1 amide bonds. The van der Waals surface area contributed by atoms with Gasteiger partial charge >= 0.3 is 6.09 Å². The first-order chi connectivity index (χ1) is 5.79. The minimum absolute atomic E-state index is 0.274. The van der Waals surface area contributed by atoms with E-state index in [1.807, 2.05) is 0 Å². The Labute approximate surface area is 71.5 Å². The van der Waals surface area contributed by atoms with Crippen molar-refractivity contribution in [2.45, 2.75) is 25.3 Å². The van der Waals surface area contributed by atoms with E-state index < -0.39 is 6.09 Å². The van der Waals surface area contributed by atoms with Crippen LogP contribution in [0.1, 0.15) is 19.3 Å². The minimum atomic E-state index is -1.02. The first-order valence-corrected chi connectivity index (χ1v) is 4.24. The molecule has 0 bridgehead atoms. The summed E-state index contributed by atoms with van der Waals surface area (Å²) in [5.74, 6) is 0. The smallest absolute Gasteiger partial charge is 0.419 e. The number of hydrazine groups is 1. The number of amides is 1. The summed E-state index contributed by atoms with van der Waals surface area (Å²) in [6, 6.07) is 0.274. The van der Waals surface area contributed by atoms with E-state index in [2.05, 4.69) is 16.2 Å². The second kappa shape index (κ2) is 4.95. The van der Waals surface area contributed by atoms with Crippen LogP contribution in [-0.2, 0) is 0 Å². The van der Waals surface area contributed by atoms with Gasteiger partial charge in [-0.3, -0.25) is 5.43 Å². The average Bonchev–Trinajstić information content (AvgIpc) is 2.28. The third-order valence-electron chi connectivity index (χ3n) is 1.96. The minimum Gasteiger partial charge on any atom is -0.464 e. The fourth-order valence-corrected chi connectivity index (χ4v) is 1.33. The van der Waals surface area contributed by atoms with E-state index in [0.717, 1.165) is 32.4 Å². The quantitative estimate of drug-likeness (QED) is 0.440. The highest BCUT2D eigenvalue weighted by Crippen LogP contribution is 2.03. The standard InChI is InChI=1S/C7H15N3O2/c11-7(12)10-9-6-2-1-4-8-5-3-6/h6,8-10H,1-5H2,(H,11,12). The van der Waals surface area contributed by atoms with Crippen LogP contribution in [-0.4, -0.2) is 30.3 Å². The molecule has 5 heteroatoms. The van der Waals surface area contributed by atoms with Crippen molar-refractivity contribution in [1.82, 2.24) is 16.2 Å². The maximum Gasteiger partial charge on any atom is 0.419 e. The highest BCUT2D eigenvalue weighted by molar-refractivity contribution is 5.63. The van der Waals surface area contributed by atoms with Gasteiger partial charge in [-0.1, -0.05) is 0 Å². The first-order valence-electron chi connectivity index (χ1n) is 4.24. The Kier molecular flexibility index (Phi) is 3.83. The molecule has 1 saturated heterocycles. The van der Waals surface area contributed by atoms with Crippen LogP contribution in [0.4, 0.5) is 4.79 Å². The maximum atomic E-state index is 10.1. The second-order valence-corrected chi connectivity index (χ2v) is 2.95. The molecule has 1 aliphatic heterocycles. The van der Waals surface area contributed by atoms with Crippen LogP contribution in [0, 0.1) is 0 Å². The molecule has 1 aliphatic rings. The van der Waals surface area contributed by atoms with Gasteiger partial charge in [-0.05, 0) is 32.4 Å². The van der Waals surface area contributed by atoms with Crippen molar-refractivity contribution in [3.8, 4) is 0 Å². The van der Waals surface area contributed by atoms with Gasteiger partial charge in [0.25, 0.3) is 0 Å². The van der Waals surface area contributed by atoms with Crippen molar-refractivity contribution in [3.63, 3.8) is 0 Å². The largest absolute Gasteiger partial charge is 0.464 e. The maximum absolute atomic E-state index is 10.1.